The van der Waals surface area contributed by atoms with E-state index in [9.17, 15) is 9.59 Å². The van der Waals surface area contributed by atoms with Crippen molar-refractivity contribution in [3.05, 3.63) is 29.8 Å². The van der Waals surface area contributed by atoms with Crippen LogP contribution in [0.4, 0.5) is 5.69 Å². The molecule has 21 heavy (non-hydrogen) atoms. The molecular formula is C16H21NO4. The van der Waals surface area contributed by atoms with Crippen molar-refractivity contribution in [3.8, 4) is 0 Å². The molecule has 5 heteroatoms. The summed E-state index contributed by atoms with van der Waals surface area (Å²) in [5.41, 5.74) is 1.68. The second-order valence-electron chi connectivity index (χ2n) is 5.58. The molecule has 1 aromatic carbocycles. The van der Waals surface area contributed by atoms with Crippen LogP contribution >= 0.6 is 0 Å². The molecule has 1 heterocycles. The Morgan fingerprint density at radius 3 is 2.57 bits per heavy atom. The normalized spacial score (nSPS) is 22.8. The first-order valence-electron chi connectivity index (χ1n) is 7.21. The number of carboxylic acids is 1. The van der Waals surface area contributed by atoms with Crippen LogP contribution in [0.25, 0.3) is 0 Å². The van der Waals surface area contributed by atoms with Gasteiger partial charge in [0.25, 0.3) is 0 Å². The highest BCUT2D eigenvalue weighted by atomic mass is 16.5. The Balaban J connectivity index is 1.96. The lowest BCUT2D eigenvalue weighted by atomic mass is 9.97. The van der Waals surface area contributed by atoms with Gasteiger partial charge in [0, 0.05) is 12.3 Å². The van der Waals surface area contributed by atoms with Gasteiger partial charge in [0.1, 0.15) is 0 Å². The third-order valence-electron chi connectivity index (χ3n) is 3.94. The first kappa shape index (κ1) is 15.5. The fourth-order valence-corrected chi connectivity index (χ4v) is 2.59. The van der Waals surface area contributed by atoms with E-state index in [-0.39, 0.29) is 30.3 Å². The lowest BCUT2D eigenvalue weighted by molar-refractivity contribution is -0.137. The van der Waals surface area contributed by atoms with Crippen LogP contribution < -0.4 is 5.32 Å². The number of rotatable bonds is 5. The maximum absolute atomic E-state index is 12.1. The summed E-state index contributed by atoms with van der Waals surface area (Å²) in [5, 5.41) is 11.7. The summed E-state index contributed by atoms with van der Waals surface area (Å²) in [6.07, 6.45) is 0.809. The standard InChI is InChI=1S/C16H21NO4/c1-10(9-15(18)19)12-3-5-13(6-4-12)17-16(20)14-7-8-21-11(14)2/h3-6,10-11,14H,7-9H2,1-2H3,(H,17,20)(H,18,19). The third-order valence-corrected chi connectivity index (χ3v) is 3.94. The van der Waals surface area contributed by atoms with Crippen LogP contribution in [0.1, 0.15) is 38.2 Å². The molecule has 3 atom stereocenters. The molecule has 2 N–H and O–H groups in total. The average molecular weight is 291 g/mol. The summed E-state index contributed by atoms with van der Waals surface area (Å²) in [7, 11) is 0. The van der Waals surface area contributed by atoms with Crippen LogP contribution in [-0.2, 0) is 14.3 Å². The number of hydrogen-bond acceptors (Lipinski definition) is 3. The van der Waals surface area contributed by atoms with Gasteiger partial charge in [0.15, 0.2) is 0 Å². The largest absolute Gasteiger partial charge is 0.481 e. The molecule has 0 saturated carbocycles. The first-order chi connectivity index (χ1) is 9.97. The van der Waals surface area contributed by atoms with Gasteiger partial charge in [0.2, 0.25) is 5.91 Å². The Morgan fingerprint density at radius 1 is 1.38 bits per heavy atom. The van der Waals surface area contributed by atoms with Crippen LogP contribution in [-0.4, -0.2) is 29.7 Å². The number of carbonyl (C=O) groups is 2. The smallest absolute Gasteiger partial charge is 0.303 e. The fourth-order valence-electron chi connectivity index (χ4n) is 2.59. The van der Waals surface area contributed by atoms with E-state index < -0.39 is 5.97 Å². The predicted octanol–water partition coefficient (Wildman–Crippen LogP) is 2.63. The van der Waals surface area contributed by atoms with Crippen LogP contribution in [0.3, 0.4) is 0 Å². The summed E-state index contributed by atoms with van der Waals surface area (Å²) in [6.45, 7) is 4.41. The topological polar surface area (TPSA) is 75.6 Å². The number of ether oxygens (including phenoxy) is 1. The van der Waals surface area contributed by atoms with E-state index in [0.29, 0.717) is 6.61 Å². The van der Waals surface area contributed by atoms with Gasteiger partial charge in [-0.1, -0.05) is 19.1 Å². The van der Waals surface area contributed by atoms with E-state index in [1.807, 2.05) is 38.1 Å². The highest BCUT2D eigenvalue weighted by molar-refractivity contribution is 5.93. The van der Waals surface area contributed by atoms with Crippen molar-refractivity contribution in [2.24, 2.45) is 5.92 Å². The second kappa shape index (κ2) is 6.72. The zero-order valence-corrected chi connectivity index (χ0v) is 12.3. The minimum Gasteiger partial charge on any atom is -0.481 e. The van der Waals surface area contributed by atoms with Crippen molar-refractivity contribution < 1.29 is 19.4 Å². The third kappa shape index (κ3) is 4.04. The van der Waals surface area contributed by atoms with Gasteiger partial charge in [-0.15, -0.1) is 0 Å². The molecule has 1 fully saturated rings. The molecule has 0 spiro atoms. The summed E-state index contributed by atoms with van der Waals surface area (Å²) >= 11 is 0. The van der Waals surface area contributed by atoms with Crippen molar-refractivity contribution in [2.45, 2.75) is 38.7 Å². The van der Waals surface area contributed by atoms with Crippen LogP contribution in [0, 0.1) is 5.92 Å². The number of carboxylic acid groups (broad SMARTS) is 1. The summed E-state index contributed by atoms with van der Waals surface area (Å²) in [6, 6.07) is 7.34. The lowest BCUT2D eigenvalue weighted by Gasteiger charge is -2.15. The molecular weight excluding hydrogens is 270 g/mol. The Hall–Kier alpha value is -1.88. The van der Waals surface area contributed by atoms with Gasteiger partial charge >= 0.3 is 5.97 Å². The number of anilines is 1. The molecule has 1 saturated heterocycles. The van der Waals surface area contributed by atoms with Gasteiger partial charge in [-0.25, -0.2) is 0 Å². The van der Waals surface area contributed by atoms with Crippen LogP contribution in [0.5, 0.6) is 0 Å². The molecule has 3 unspecified atom stereocenters. The van der Waals surface area contributed by atoms with E-state index in [4.69, 9.17) is 9.84 Å². The fraction of sp³-hybridized carbons (Fsp3) is 0.500. The van der Waals surface area contributed by atoms with Gasteiger partial charge in [-0.3, -0.25) is 9.59 Å². The number of carbonyl (C=O) groups excluding carboxylic acids is 1. The van der Waals surface area contributed by atoms with Gasteiger partial charge < -0.3 is 15.2 Å². The van der Waals surface area contributed by atoms with E-state index >= 15 is 0 Å². The van der Waals surface area contributed by atoms with Gasteiger partial charge in [0.05, 0.1) is 18.4 Å². The molecule has 5 nitrogen and oxygen atoms in total. The monoisotopic (exact) mass is 291 g/mol. The molecule has 2 rings (SSSR count). The summed E-state index contributed by atoms with van der Waals surface area (Å²) < 4.78 is 5.40. The molecule has 1 amide bonds. The van der Waals surface area contributed by atoms with Gasteiger partial charge in [-0.05, 0) is 37.0 Å². The molecule has 0 radical (unpaired) electrons. The molecule has 1 aromatic rings. The molecule has 0 aliphatic carbocycles. The molecule has 1 aliphatic heterocycles. The van der Waals surface area contributed by atoms with E-state index in [1.165, 1.54) is 0 Å². The zero-order chi connectivity index (χ0) is 15.4. The highest BCUT2D eigenvalue weighted by Crippen LogP contribution is 2.24. The van der Waals surface area contributed by atoms with Crippen molar-refractivity contribution in [2.75, 3.05) is 11.9 Å². The number of hydrogen-bond donors (Lipinski definition) is 2. The molecule has 0 bridgehead atoms. The maximum atomic E-state index is 12.1. The number of nitrogens with one attached hydrogen (secondary N) is 1. The number of amides is 1. The predicted molar refractivity (Wildman–Crippen MR) is 79.3 cm³/mol. The number of benzene rings is 1. The van der Waals surface area contributed by atoms with E-state index in [2.05, 4.69) is 5.32 Å². The molecule has 0 aromatic heterocycles. The maximum Gasteiger partial charge on any atom is 0.303 e. The molecule has 114 valence electrons. The first-order valence-corrected chi connectivity index (χ1v) is 7.21. The van der Waals surface area contributed by atoms with Crippen molar-refractivity contribution >= 4 is 17.6 Å². The van der Waals surface area contributed by atoms with Crippen LogP contribution in [0.15, 0.2) is 24.3 Å². The van der Waals surface area contributed by atoms with E-state index in [1.54, 1.807) is 0 Å². The number of aliphatic carboxylic acids is 1. The minimum absolute atomic E-state index is 0.0219. The Bertz CT molecular complexity index is 512. The summed E-state index contributed by atoms with van der Waals surface area (Å²) in [4.78, 5) is 22.8. The highest BCUT2D eigenvalue weighted by Gasteiger charge is 2.30. The van der Waals surface area contributed by atoms with Crippen molar-refractivity contribution in [3.63, 3.8) is 0 Å². The summed E-state index contributed by atoms with van der Waals surface area (Å²) in [5.74, 6) is -0.979. The minimum atomic E-state index is -0.810. The van der Waals surface area contributed by atoms with E-state index in [0.717, 1.165) is 17.7 Å². The molecule has 1 aliphatic rings. The average Bonchev–Trinajstić information content (AvgIpc) is 2.85. The Morgan fingerprint density at radius 2 is 2.05 bits per heavy atom. The zero-order valence-electron chi connectivity index (χ0n) is 12.3. The van der Waals surface area contributed by atoms with Crippen LogP contribution in [0.2, 0.25) is 0 Å². The Labute approximate surface area is 124 Å². The second-order valence-corrected chi connectivity index (χ2v) is 5.58. The van der Waals surface area contributed by atoms with Crippen molar-refractivity contribution in [1.29, 1.82) is 0 Å². The quantitative estimate of drug-likeness (QED) is 0.874. The lowest BCUT2D eigenvalue weighted by Crippen LogP contribution is -2.27. The SMILES string of the molecule is CC(CC(=O)O)c1ccc(NC(=O)C2CCOC2C)cc1. The van der Waals surface area contributed by atoms with Gasteiger partial charge in [-0.2, -0.15) is 0 Å². The Kier molecular flexibility index (Phi) is 4.96. The van der Waals surface area contributed by atoms with Crippen molar-refractivity contribution in [1.82, 2.24) is 0 Å².